The summed E-state index contributed by atoms with van der Waals surface area (Å²) in [6.07, 6.45) is 17.7. The number of hydrogen-bond donors (Lipinski definition) is 2. The molecule has 8 aromatic carbocycles. The van der Waals surface area contributed by atoms with E-state index in [2.05, 4.69) is 277 Å². The van der Waals surface area contributed by atoms with Gasteiger partial charge in [-0.3, -0.25) is 0 Å². The second-order valence-corrected chi connectivity index (χ2v) is 25.2. The average Bonchev–Trinajstić information content (AvgIpc) is 1.54. The minimum Gasteiger partial charge on any atom is -0.355 e. The van der Waals surface area contributed by atoms with Crippen molar-refractivity contribution >= 4 is 134 Å². The Hall–Kier alpha value is -10.4. The van der Waals surface area contributed by atoms with Crippen LogP contribution in [-0.4, -0.2) is 38.2 Å². The summed E-state index contributed by atoms with van der Waals surface area (Å²) in [5.41, 5.74) is 29.8. The smallest absolute Gasteiger partial charge is 0.0736 e. The molecule has 0 aliphatic carbocycles. The highest BCUT2D eigenvalue weighted by Crippen LogP contribution is 2.50. The van der Waals surface area contributed by atoms with E-state index in [1.807, 2.05) is 0 Å². The molecule has 8 bridgehead atoms. The molecule has 8 heteroatoms. The maximum atomic E-state index is 5.40. The molecule has 438 valence electrons. The lowest BCUT2D eigenvalue weighted by Gasteiger charge is -2.16. The molecule has 0 amide bonds. The second-order valence-electron chi connectivity index (χ2n) is 25.2. The van der Waals surface area contributed by atoms with E-state index in [0.717, 1.165) is 92.8 Å². The minimum absolute atomic E-state index is 0.879. The highest BCUT2D eigenvalue weighted by Gasteiger charge is 2.28. The molecule has 2 aliphatic rings. The number of benzene rings is 8. The van der Waals surface area contributed by atoms with Gasteiger partial charge in [0, 0.05) is 138 Å². The van der Waals surface area contributed by atoms with Crippen molar-refractivity contribution in [1.82, 2.24) is 38.2 Å². The van der Waals surface area contributed by atoms with E-state index in [0.29, 0.717) is 0 Å². The molecule has 0 saturated heterocycles. The van der Waals surface area contributed by atoms with E-state index >= 15 is 0 Å². The summed E-state index contributed by atoms with van der Waals surface area (Å²) in [5, 5.41) is 10.6. The minimum atomic E-state index is 0.879. The number of H-pyrrole nitrogens is 2. The van der Waals surface area contributed by atoms with Crippen molar-refractivity contribution in [2.24, 2.45) is 28.2 Å². The molecular weight excluding hydrogens is 1100 g/mol. The van der Waals surface area contributed by atoms with Crippen LogP contribution in [-0.2, 0) is 41.0 Å². The molecule has 0 fully saturated rings. The fraction of sp³-hybridized carbons (Fsp3) is 0.171. The number of hydrogen-bond acceptors (Lipinski definition) is 2. The number of aromatic amines is 2. The molecule has 2 aliphatic heterocycles. The van der Waals surface area contributed by atoms with Crippen LogP contribution in [0, 0.1) is 0 Å². The topological polar surface area (TPSA) is 77.1 Å². The third-order valence-corrected chi connectivity index (χ3v) is 20.0. The maximum absolute atomic E-state index is 5.40. The molecule has 0 saturated carbocycles. The van der Waals surface area contributed by atoms with Crippen molar-refractivity contribution in [2.75, 3.05) is 0 Å². The van der Waals surface area contributed by atoms with Crippen molar-refractivity contribution < 1.29 is 0 Å². The highest BCUT2D eigenvalue weighted by atomic mass is 15.0. The first kappa shape index (κ1) is 53.8. The van der Waals surface area contributed by atoms with Gasteiger partial charge in [-0.2, -0.15) is 0 Å². The normalized spacial score (nSPS) is 12.6. The number of nitrogens with zero attached hydrogens (tertiary/aromatic N) is 6. The molecule has 2 N–H and O–H groups in total. The third kappa shape index (κ3) is 8.19. The zero-order chi connectivity index (χ0) is 60.5. The largest absolute Gasteiger partial charge is 0.355 e. The number of nitrogens with one attached hydrogen (secondary N) is 2. The first-order valence-electron chi connectivity index (χ1n) is 32.3. The van der Waals surface area contributed by atoms with Crippen LogP contribution in [0.25, 0.3) is 178 Å². The fourth-order valence-electron chi connectivity index (χ4n) is 15.9. The van der Waals surface area contributed by atoms with Gasteiger partial charge < -0.3 is 28.2 Å². The van der Waals surface area contributed by atoms with Gasteiger partial charge in [-0.15, -0.1) is 0 Å². The summed E-state index contributed by atoms with van der Waals surface area (Å²) in [6.45, 7) is 4.60. The Labute approximate surface area is 522 Å². The van der Waals surface area contributed by atoms with Crippen molar-refractivity contribution in [2.45, 2.75) is 65.2 Å². The zero-order valence-corrected chi connectivity index (χ0v) is 52.0. The van der Waals surface area contributed by atoms with E-state index in [-0.39, 0.29) is 0 Å². The lowest BCUT2D eigenvalue weighted by atomic mass is 9.90. The molecule has 0 atom stereocenters. The Kier molecular flexibility index (Phi) is 12.6. The van der Waals surface area contributed by atoms with E-state index in [4.69, 9.17) is 9.97 Å². The Bertz CT molecular complexity index is 5360. The lowest BCUT2D eigenvalue weighted by Crippen LogP contribution is -1.98. The quantitative estimate of drug-likeness (QED) is 0.120. The number of aryl methyl sites for hydroxylation is 6. The lowest BCUT2D eigenvalue weighted by molar-refractivity contribution is 0.720. The second kappa shape index (κ2) is 21.1. The fourth-order valence-corrected chi connectivity index (χ4v) is 15.9. The van der Waals surface area contributed by atoms with E-state index < -0.39 is 0 Å². The van der Waals surface area contributed by atoms with E-state index in [1.54, 1.807) is 0 Å². The van der Waals surface area contributed by atoms with Crippen LogP contribution >= 0.6 is 0 Å². The Morgan fingerprint density at radius 1 is 0.333 bits per heavy atom. The van der Waals surface area contributed by atoms with Gasteiger partial charge in [0.1, 0.15) is 0 Å². The van der Waals surface area contributed by atoms with Crippen molar-refractivity contribution in [3.8, 4) is 44.5 Å². The van der Waals surface area contributed by atoms with E-state index in [1.165, 1.54) is 146 Å². The van der Waals surface area contributed by atoms with Crippen LogP contribution in [0.5, 0.6) is 0 Å². The first-order valence-corrected chi connectivity index (χ1v) is 32.3. The van der Waals surface area contributed by atoms with Crippen LogP contribution in [0.4, 0.5) is 0 Å². The van der Waals surface area contributed by atoms with Crippen molar-refractivity contribution in [3.63, 3.8) is 0 Å². The summed E-state index contributed by atoms with van der Waals surface area (Å²) < 4.78 is 9.83. The highest BCUT2D eigenvalue weighted by molar-refractivity contribution is 6.29. The molecule has 90 heavy (non-hydrogen) atoms. The summed E-state index contributed by atoms with van der Waals surface area (Å²) in [4.78, 5) is 18.5. The predicted molar refractivity (Wildman–Crippen MR) is 383 cm³/mol. The van der Waals surface area contributed by atoms with Crippen molar-refractivity contribution in [3.05, 3.63) is 216 Å². The maximum Gasteiger partial charge on any atom is 0.0736 e. The van der Waals surface area contributed by atoms with Gasteiger partial charge in [0.2, 0.25) is 0 Å². The Morgan fingerprint density at radius 2 is 0.667 bits per heavy atom. The van der Waals surface area contributed by atoms with Crippen LogP contribution in [0.3, 0.4) is 0 Å². The first-order chi connectivity index (χ1) is 44.2. The van der Waals surface area contributed by atoms with Crippen LogP contribution in [0.2, 0.25) is 0 Å². The summed E-state index contributed by atoms with van der Waals surface area (Å²) in [7, 11) is 9.05. The number of aromatic nitrogens is 8. The molecule has 17 rings (SSSR count). The summed E-state index contributed by atoms with van der Waals surface area (Å²) >= 11 is 0. The number of unbranched alkanes of at least 4 members (excludes halogenated alkanes) is 4. The molecule has 0 spiro atoms. The number of fused-ring (bicyclic) bond motifs is 20. The zero-order valence-electron chi connectivity index (χ0n) is 52.0. The number of para-hydroxylation sites is 4. The number of rotatable bonds is 12. The van der Waals surface area contributed by atoms with Gasteiger partial charge in [0.15, 0.2) is 0 Å². The summed E-state index contributed by atoms with van der Waals surface area (Å²) in [5.74, 6) is 0. The van der Waals surface area contributed by atoms with Gasteiger partial charge in [-0.25, -0.2) is 9.97 Å². The Morgan fingerprint density at radius 3 is 1.03 bits per heavy atom. The Balaban J connectivity index is 0.808. The average molecular weight is 1170 g/mol. The predicted octanol–water partition coefficient (Wildman–Crippen LogP) is 21.4. The molecule has 0 radical (unpaired) electrons. The van der Waals surface area contributed by atoms with Crippen molar-refractivity contribution in [1.29, 1.82) is 0 Å². The third-order valence-electron chi connectivity index (χ3n) is 20.0. The molecule has 0 unspecified atom stereocenters. The molecular formula is C82H70N8. The monoisotopic (exact) mass is 1170 g/mol. The van der Waals surface area contributed by atoms with Gasteiger partial charge >= 0.3 is 0 Å². The molecule has 7 aromatic heterocycles. The van der Waals surface area contributed by atoms with Gasteiger partial charge in [0.25, 0.3) is 0 Å². The van der Waals surface area contributed by atoms with Gasteiger partial charge in [-0.05, 0) is 144 Å². The van der Waals surface area contributed by atoms with Gasteiger partial charge in [0.05, 0.1) is 44.8 Å². The standard InChI is InChI=1S/C82H70N8/c1-7-9-11-25-61-75-57-21-13-17-27-67(57)89(5)81(75)73(77-59-23-15-19-29-69(59)87(3)79(61)77)51-35-31-49(32-36-51)71-63-43-39-53(83-63)47-55-41-45-65(85-55)72(66-46-42-56(86-66)48-54-40-44-64(71)84-54)50-33-37-52(38-34-50)74-78-60-24-16-20-30-70(60)88(4)80(78)62(26-12-10-8-2)76-58-22-14-18-28-68(58)90(6)82(74)76/h13-24,27-48,83,86H,7-12,25-26H2,1-6H3. The SMILES string of the molecule is CCCCCc1c2c3ccccc3n(C)c2c(-c2ccc(-c3c4nc(cc5ccc([nH]5)c(-c5ccc(-c6c7c8ccccc8n(C)c7c(CCCCC)c7c8ccccc8n(C)c67)cc5)c5nc(cc6ccc3[nH]6)C=C5)C=C4)cc2)c2c3ccccc3n(C)c12. The van der Waals surface area contributed by atoms with Crippen LogP contribution < -0.4 is 0 Å². The molecule has 15 aromatic rings. The molecule has 8 nitrogen and oxygen atoms in total. The van der Waals surface area contributed by atoms with E-state index in [9.17, 15) is 0 Å². The van der Waals surface area contributed by atoms with Crippen LogP contribution in [0.1, 0.15) is 86.3 Å². The summed E-state index contributed by atoms with van der Waals surface area (Å²) in [6, 6.07) is 67.5. The van der Waals surface area contributed by atoms with Gasteiger partial charge in [-0.1, -0.05) is 161 Å². The molecule has 9 heterocycles. The van der Waals surface area contributed by atoms with Crippen LogP contribution in [0.15, 0.2) is 182 Å².